The average molecular weight is 338 g/mol. The third-order valence-electron chi connectivity index (χ3n) is 5.08. The summed E-state index contributed by atoms with van der Waals surface area (Å²) in [4.78, 5) is 17.2. The second-order valence-corrected chi connectivity index (χ2v) is 6.34. The van der Waals surface area contributed by atoms with Crippen LogP contribution < -0.4 is 5.32 Å². The van der Waals surface area contributed by atoms with Gasteiger partial charge in [-0.25, -0.2) is 0 Å². The van der Waals surface area contributed by atoms with Crippen molar-refractivity contribution >= 4 is 30.7 Å². The molecule has 21 heavy (non-hydrogen) atoms. The lowest BCUT2D eigenvalue weighted by Gasteiger charge is -2.38. The Morgan fingerprint density at radius 2 is 1.57 bits per heavy atom. The summed E-state index contributed by atoms with van der Waals surface area (Å²) >= 11 is 0. The Morgan fingerprint density at radius 3 is 2.14 bits per heavy atom. The Morgan fingerprint density at radius 1 is 0.905 bits per heavy atom. The van der Waals surface area contributed by atoms with Crippen molar-refractivity contribution in [2.75, 3.05) is 39.3 Å². The van der Waals surface area contributed by atoms with Gasteiger partial charge in [0.15, 0.2) is 0 Å². The Kier molecular flexibility index (Phi) is 8.32. The molecule has 3 fully saturated rings. The van der Waals surface area contributed by atoms with E-state index >= 15 is 0 Å². The number of carbonyl (C=O) groups excluding carboxylic acids is 1. The smallest absolute Gasteiger partial charge is 0.226 e. The third kappa shape index (κ3) is 4.72. The number of likely N-dealkylation sites (tertiary alicyclic amines) is 2. The van der Waals surface area contributed by atoms with Crippen molar-refractivity contribution < 1.29 is 4.79 Å². The van der Waals surface area contributed by atoms with Gasteiger partial charge in [0.25, 0.3) is 0 Å². The highest BCUT2D eigenvalue weighted by atomic mass is 35.5. The van der Waals surface area contributed by atoms with E-state index in [0.29, 0.717) is 5.91 Å². The number of carbonyl (C=O) groups is 1. The van der Waals surface area contributed by atoms with Gasteiger partial charge in [-0.1, -0.05) is 0 Å². The summed E-state index contributed by atoms with van der Waals surface area (Å²) in [7, 11) is 0. The van der Waals surface area contributed by atoms with E-state index in [9.17, 15) is 4.79 Å². The quantitative estimate of drug-likeness (QED) is 0.836. The molecule has 0 saturated carbocycles. The highest BCUT2D eigenvalue weighted by Gasteiger charge is 2.31. The summed E-state index contributed by atoms with van der Waals surface area (Å²) in [5, 5.41) is 3.35. The number of hydrogen-bond donors (Lipinski definition) is 1. The summed E-state index contributed by atoms with van der Waals surface area (Å²) in [5.41, 5.74) is 0. The van der Waals surface area contributed by atoms with Crippen molar-refractivity contribution in [3.05, 3.63) is 0 Å². The summed E-state index contributed by atoms with van der Waals surface area (Å²) in [6.07, 6.45) is 7.34. The van der Waals surface area contributed by atoms with E-state index in [1.807, 2.05) is 0 Å². The molecule has 3 heterocycles. The molecule has 3 rings (SSSR count). The van der Waals surface area contributed by atoms with Crippen molar-refractivity contribution in [3.63, 3.8) is 0 Å². The normalized spacial score (nSPS) is 27.8. The van der Waals surface area contributed by atoms with E-state index < -0.39 is 0 Å². The number of amides is 1. The molecule has 0 bridgehead atoms. The molecule has 0 aromatic heterocycles. The van der Waals surface area contributed by atoms with Gasteiger partial charge in [-0.05, 0) is 58.2 Å². The maximum Gasteiger partial charge on any atom is 0.226 e. The molecule has 3 aliphatic rings. The zero-order chi connectivity index (χ0) is 13.1. The van der Waals surface area contributed by atoms with Crippen LogP contribution in [0.4, 0.5) is 0 Å². The van der Waals surface area contributed by atoms with Gasteiger partial charge in [-0.3, -0.25) is 4.79 Å². The van der Waals surface area contributed by atoms with Crippen LogP contribution in [-0.2, 0) is 4.79 Å². The van der Waals surface area contributed by atoms with Crippen molar-refractivity contribution in [1.82, 2.24) is 15.1 Å². The monoisotopic (exact) mass is 337 g/mol. The van der Waals surface area contributed by atoms with Gasteiger partial charge in [-0.2, -0.15) is 0 Å². The highest BCUT2D eigenvalue weighted by molar-refractivity contribution is 5.85. The number of hydrogen-bond acceptors (Lipinski definition) is 3. The fourth-order valence-electron chi connectivity index (χ4n) is 3.88. The second kappa shape index (κ2) is 9.19. The fraction of sp³-hybridized carbons (Fsp3) is 0.933. The van der Waals surface area contributed by atoms with Crippen LogP contribution in [0.25, 0.3) is 0 Å². The van der Waals surface area contributed by atoms with Crippen LogP contribution in [0, 0.1) is 5.92 Å². The molecule has 4 nitrogen and oxygen atoms in total. The topological polar surface area (TPSA) is 35.6 Å². The molecule has 0 radical (unpaired) electrons. The third-order valence-corrected chi connectivity index (χ3v) is 5.08. The standard InChI is InChI=1S/C15H27N3O.2ClH/c19-15(13-4-3-7-16-12-13)18-10-5-14(6-11-18)17-8-1-2-9-17;;/h13-14,16H,1-12H2;2*1H. The van der Waals surface area contributed by atoms with Crippen molar-refractivity contribution in [1.29, 1.82) is 0 Å². The first kappa shape index (κ1) is 19.0. The molecule has 1 N–H and O–H groups in total. The Balaban J connectivity index is 0.00000110. The molecule has 0 spiro atoms. The van der Waals surface area contributed by atoms with Crippen molar-refractivity contribution in [2.24, 2.45) is 5.92 Å². The molecule has 1 atom stereocenters. The van der Waals surface area contributed by atoms with Crippen LogP contribution in [0.2, 0.25) is 0 Å². The lowest BCUT2D eigenvalue weighted by atomic mass is 9.96. The molecule has 1 amide bonds. The predicted molar refractivity (Wildman–Crippen MR) is 90.5 cm³/mol. The van der Waals surface area contributed by atoms with Gasteiger partial charge in [0.2, 0.25) is 5.91 Å². The minimum absolute atomic E-state index is 0. The number of rotatable bonds is 2. The van der Waals surface area contributed by atoms with E-state index in [0.717, 1.165) is 45.1 Å². The van der Waals surface area contributed by atoms with Crippen molar-refractivity contribution in [2.45, 2.75) is 44.6 Å². The minimum atomic E-state index is 0. The molecular weight excluding hydrogens is 309 g/mol. The van der Waals surface area contributed by atoms with Crippen LogP contribution in [0.15, 0.2) is 0 Å². The lowest BCUT2D eigenvalue weighted by Crippen LogP contribution is -2.49. The molecule has 0 aliphatic carbocycles. The van der Waals surface area contributed by atoms with Crippen LogP contribution in [-0.4, -0.2) is 61.0 Å². The van der Waals surface area contributed by atoms with Gasteiger partial charge < -0.3 is 15.1 Å². The molecule has 124 valence electrons. The molecule has 3 aliphatic heterocycles. The van der Waals surface area contributed by atoms with E-state index in [1.165, 1.54) is 38.8 Å². The molecule has 6 heteroatoms. The second-order valence-electron chi connectivity index (χ2n) is 6.34. The van der Waals surface area contributed by atoms with Gasteiger partial charge >= 0.3 is 0 Å². The Bertz CT molecular complexity index is 310. The molecule has 0 aromatic carbocycles. The maximum absolute atomic E-state index is 12.5. The van der Waals surface area contributed by atoms with Gasteiger partial charge in [0.05, 0.1) is 5.92 Å². The summed E-state index contributed by atoms with van der Waals surface area (Å²) < 4.78 is 0. The van der Waals surface area contributed by atoms with E-state index in [4.69, 9.17) is 0 Å². The maximum atomic E-state index is 12.5. The number of halogens is 2. The minimum Gasteiger partial charge on any atom is -0.342 e. The Hall–Kier alpha value is -0.0300. The molecule has 0 aromatic rings. The SMILES string of the molecule is Cl.Cl.O=C(C1CCCNC1)N1CCC(N2CCCC2)CC1. The first-order chi connectivity index (χ1) is 9.34. The predicted octanol–water partition coefficient (Wildman–Crippen LogP) is 1.92. The van der Waals surface area contributed by atoms with E-state index in [1.54, 1.807) is 0 Å². The first-order valence-corrected chi connectivity index (χ1v) is 8.08. The number of nitrogens with zero attached hydrogens (tertiary/aromatic N) is 2. The zero-order valence-electron chi connectivity index (χ0n) is 12.8. The summed E-state index contributed by atoms with van der Waals surface area (Å²) in [6, 6.07) is 0.746. The lowest BCUT2D eigenvalue weighted by molar-refractivity contribution is -0.137. The number of nitrogens with one attached hydrogen (secondary N) is 1. The van der Waals surface area contributed by atoms with E-state index in [2.05, 4.69) is 15.1 Å². The Labute approximate surface area is 140 Å². The molecule has 1 unspecified atom stereocenters. The van der Waals surface area contributed by atoms with Gasteiger partial charge in [-0.15, -0.1) is 24.8 Å². The fourth-order valence-corrected chi connectivity index (χ4v) is 3.88. The van der Waals surface area contributed by atoms with Crippen molar-refractivity contribution in [3.8, 4) is 0 Å². The largest absolute Gasteiger partial charge is 0.342 e. The van der Waals surface area contributed by atoms with Gasteiger partial charge in [0, 0.05) is 25.7 Å². The average Bonchev–Trinajstić information content (AvgIpc) is 3.02. The molecule has 3 saturated heterocycles. The summed E-state index contributed by atoms with van der Waals surface area (Å²) in [5.74, 6) is 0.657. The first-order valence-electron chi connectivity index (χ1n) is 8.08. The van der Waals surface area contributed by atoms with Crippen LogP contribution >= 0.6 is 24.8 Å². The number of piperidine rings is 2. The van der Waals surface area contributed by atoms with Crippen LogP contribution in [0.1, 0.15) is 38.5 Å². The van der Waals surface area contributed by atoms with Gasteiger partial charge in [0.1, 0.15) is 0 Å². The van der Waals surface area contributed by atoms with E-state index in [-0.39, 0.29) is 30.7 Å². The zero-order valence-corrected chi connectivity index (χ0v) is 14.4. The summed E-state index contributed by atoms with van der Waals surface area (Å²) in [6.45, 7) is 6.51. The highest BCUT2D eigenvalue weighted by Crippen LogP contribution is 2.23. The van der Waals surface area contributed by atoms with Crippen LogP contribution in [0.5, 0.6) is 0 Å². The molecular formula is C15H29Cl2N3O. The van der Waals surface area contributed by atoms with Crippen LogP contribution in [0.3, 0.4) is 0 Å².